The van der Waals surface area contributed by atoms with Crippen LogP contribution in [0.25, 0.3) is 11.2 Å². The molecule has 0 unspecified atom stereocenters. The van der Waals surface area contributed by atoms with Gasteiger partial charge in [0.25, 0.3) is 0 Å². The first-order chi connectivity index (χ1) is 8.08. The van der Waals surface area contributed by atoms with Crippen LogP contribution in [0.5, 0.6) is 0 Å². The number of H-pyrrole nitrogens is 1. The summed E-state index contributed by atoms with van der Waals surface area (Å²) in [5, 5.41) is 0. The number of pyridine rings is 1. The Morgan fingerprint density at radius 3 is 3.06 bits per heavy atom. The summed E-state index contributed by atoms with van der Waals surface area (Å²) in [5.41, 5.74) is 1.81. The van der Waals surface area contributed by atoms with E-state index in [1.807, 2.05) is 24.5 Å². The van der Waals surface area contributed by atoms with Crippen molar-refractivity contribution in [3.8, 4) is 0 Å². The van der Waals surface area contributed by atoms with E-state index >= 15 is 0 Å². The topological polar surface area (TPSA) is 42.8 Å². The van der Waals surface area contributed by atoms with Gasteiger partial charge in [0.1, 0.15) is 0 Å². The van der Waals surface area contributed by atoms with Gasteiger partial charge in [-0.3, -0.25) is 4.57 Å². The molecule has 2 aromatic rings. The molecule has 0 saturated carbocycles. The number of imidazole rings is 1. The number of ether oxygens (including phenoxy) is 1. The lowest BCUT2D eigenvalue weighted by atomic mass is 10.4. The van der Waals surface area contributed by atoms with E-state index in [2.05, 4.69) is 25.9 Å². The average Bonchev–Trinajstić information content (AvgIpc) is 2.54. The van der Waals surface area contributed by atoms with E-state index in [0.717, 1.165) is 15.6 Å². The quantitative estimate of drug-likeness (QED) is 0.880. The lowest BCUT2D eigenvalue weighted by Crippen LogP contribution is -2.10. The molecule has 0 saturated heterocycles. The number of aromatic amines is 1. The van der Waals surface area contributed by atoms with Crippen LogP contribution in [0.3, 0.4) is 0 Å². The van der Waals surface area contributed by atoms with Gasteiger partial charge in [0.2, 0.25) is 0 Å². The minimum atomic E-state index is 0.233. The van der Waals surface area contributed by atoms with Crippen molar-refractivity contribution in [1.82, 2.24) is 14.5 Å². The summed E-state index contributed by atoms with van der Waals surface area (Å²) in [5.74, 6) is 0. The molecule has 6 heteroatoms. The van der Waals surface area contributed by atoms with Crippen molar-refractivity contribution in [3.63, 3.8) is 0 Å². The monoisotopic (exact) mass is 315 g/mol. The van der Waals surface area contributed by atoms with Crippen LogP contribution >= 0.6 is 28.1 Å². The van der Waals surface area contributed by atoms with Gasteiger partial charge in [-0.25, -0.2) is 4.98 Å². The zero-order valence-corrected chi connectivity index (χ0v) is 12.1. The van der Waals surface area contributed by atoms with E-state index in [-0.39, 0.29) is 6.10 Å². The molecule has 2 aromatic heterocycles. The molecule has 0 radical (unpaired) electrons. The lowest BCUT2D eigenvalue weighted by Gasteiger charge is -2.08. The summed E-state index contributed by atoms with van der Waals surface area (Å²) < 4.78 is 9.10. The molecule has 0 amide bonds. The van der Waals surface area contributed by atoms with Crippen molar-refractivity contribution in [1.29, 1.82) is 0 Å². The van der Waals surface area contributed by atoms with Crippen LogP contribution in [-0.2, 0) is 11.3 Å². The number of nitrogens with zero attached hydrogens (tertiary/aromatic N) is 2. The highest BCUT2D eigenvalue weighted by Gasteiger charge is 2.06. The molecule has 1 N–H and O–H groups in total. The van der Waals surface area contributed by atoms with E-state index in [9.17, 15) is 0 Å². The first-order valence-corrected chi connectivity index (χ1v) is 6.63. The fourth-order valence-electron chi connectivity index (χ4n) is 1.61. The molecule has 0 bridgehead atoms. The van der Waals surface area contributed by atoms with Crippen LogP contribution < -0.4 is 0 Å². The number of hydrogen-bond acceptors (Lipinski definition) is 3. The van der Waals surface area contributed by atoms with Gasteiger partial charge in [0.15, 0.2) is 10.4 Å². The number of aromatic nitrogens is 3. The smallest absolute Gasteiger partial charge is 0.179 e. The van der Waals surface area contributed by atoms with E-state index in [1.54, 1.807) is 6.20 Å². The van der Waals surface area contributed by atoms with Gasteiger partial charge < -0.3 is 9.72 Å². The Morgan fingerprint density at radius 2 is 2.35 bits per heavy atom. The highest BCUT2D eigenvalue weighted by Crippen LogP contribution is 2.16. The standard InChI is InChI=1S/C11H14BrN3OS/c1-7(2)16-4-3-15-10-9(14-11(15)17)5-8(12)6-13-10/h5-7H,3-4H2,1-2H3,(H,14,17). The molecule has 0 aliphatic heterocycles. The minimum Gasteiger partial charge on any atom is -0.377 e. The number of fused-ring (bicyclic) bond motifs is 1. The van der Waals surface area contributed by atoms with Gasteiger partial charge >= 0.3 is 0 Å². The second kappa shape index (κ2) is 5.29. The molecule has 0 spiro atoms. The summed E-state index contributed by atoms with van der Waals surface area (Å²) in [6, 6.07) is 1.97. The predicted octanol–water partition coefficient (Wildman–Crippen LogP) is 3.28. The Morgan fingerprint density at radius 1 is 1.59 bits per heavy atom. The van der Waals surface area contributed by atoms with Gasteiger partial charge in [-0.1, -0.05) is 0 Å². The summed E-state index contributed by atoms with van der Waals surface area (Å²) >= 11 is 8.66. The van der Waals surface area contributed by atoms with Crippen LogP contribution in [-0.4, -0.2) is 27.2 Å². The van der Waals surface area contributed by atoms with Gasteiger partial charge in [-0.05, 0) is 48.1 Å². The summed E-state index contributed by atoms with van der Waals surface area (Å²) in [4.78, 5) is 7.50. The van der Waals surface area contributed by atoms with Crippen LogP contribution in [0.15, 0.2) is 16.7 Å². The van der Waals surface area contributed by atoms with Crippen molar-refractivity contribution in [2.75, 3.05) is 6.61 Å². The lowest BCUT2D eigenvalue weighted by molar-refractivity contribution is 0.0730. The third-order valence-corrected chi connectivity index (χ3v) is 3.10. The molecule has 17 heavy (non-hydrogen) atoms. The van der Waals surface area contributed by atoms with Crippen molar-refractivity contribution in [2.45, 2.75) is 26.5 Å². The van der Waals surface area contributed by atoms with Gasteiger partial charge in [0.05, 0.1) is 24.8 Å². The Hall–Kier alpha value is -0.720. The molecule has 0 aromatic carbocycles. The third kappa shape index (κ3) is 2.94. The third-order valence-electron chi connectivity index (χ3n) is 2.34. The molecule has 2 rings (SSSR count). The second-order valence-corrected chi connectivity index (χ2v) is 5.33. The van der Waals surface area contributed by atoms with Crippen LogP contribution in [0.2, 0.25) is 0 Å². The number of rotatable bonds is 4. The fourth-order valence-corrected chi connectivity index (χ4v) is 2.22. The minimum absolute atomic E-state index is 0.233. The van der Waals surface area contributed by atoms with E-state index in [1.165, 1.54) is 0 Å². The zero-order chi connectivity index (χ0) is 12.4. The molecule has 0 aliphatic rings. The van der Waals surface area contributed by atoms with Crippen molar-refractivity contribution < 1.29 is 4.74 Å². The first kappa shape index (κ1) is 12.7. The number of halogens is 1. The van der Waals surface area contributed by atoms with E-state index in [4.69, 9.17) is 17.0 Å². The predicted molar refractivity (Wildman–Crippen MR) is 73.7 cm³/mol. The molecule has 0 atom stereocenters. The van der Waals surface area contributed by atoms with Crippen LogP contribution in [0, 0.1) is 4.77 Å². The molecule has 92 valence electrons. The molecular formula is C11H14BrN3OS. The molecule has 0 aliphatic carbocycles. The van der Waals surface area contributed by atoms with Crippen molar-refractivity contribution in [3.05, 3.63) is 21.5 Å². The fraction of sp³-hybridized carbons (Fsp3) is 0.455. The zero-order valence-electron chi connectivity index (χ0n) is 9.74. The Bertz CT molecular complexity index is 576. The second-order valence-electron chi connectivity index (χ2n) is 4.03. The number of nitrogens with one attached hydrogen (secondary N) is 1. The molecular weight excluding hydrogens is 302 g/mol. The highest BCUT2D eigenvalue weighted by molar-refractivity contribution is 9.10. The van der Waals surface area contributed by atoms with Gasteiger partial charge in [-0.2, -0.15) is 0 Å². The highest BCUT2D eigenvalue weighted by atomic mass is 79.9. The first-order valence-electron chi connectivity index (χ1n) is 5.43. The van der Waals surface area contributed by atoms with E-state index < -0.39 is 0 Å². The van der Waals surface area contributed by atoms with Crippen LogP contribution in [0.1, 0.15) is 13.8 Å². The maximum absolute atomic E-state index is 5.52. The Labute approximate surface area is 113 Å². The summed E-state index contributed by atoms with van der Waals surface area (Å²) in [6.45, 7) is 5.38. The van der Waals surface area contributed by atoms with Gasteiger partial charge in [0, 0.05) is 10.7 Å². The average molecular weight is 316 g/mol. The maximum Gasteiger partial charge on any atom is 0.179 e. The SMILES string of the molecule is CC(C)OCCn1c(=S)[nH]c2cc(Br)cnc21. The Kier molecular flexibility index (Phi) is 3.96. The summed E-state index contributed by atoms with van der Waals surface area (Å²) in [6.07, 6.45) is 2.00. The molecule has 0 fully saturated rings. The molecule has 4 nitrogen and oxygen atoms in total. The largest absolute Gasteiger partial charge is 0.377 e. The Balaban J connectivity index is 2.27. The number of hydrogen-bond donors (Lipinski definition) is 1. The molecule has 2 heterocycles. The summed E-state index contributed by atoms with van der Waals surface area (Å²) in [7, 11) is 0. The van der Waals surface area contributed by atoms with Crippen LogP contribution in [0.4, 0.5) is 0 Å². The normalized spacial score (nSPS) is 11.5. The van der Waals surface area contributed by atoms with Crippen molar-refractivity contribution in [2.24, 2.45) is 0 Å². The van der Waals surface area contributed by atoms with Crippen molar-refractivity contribution >= 4 is 39.3 Å². The maximum atomic E-state index is 5.52. The van der Waals surface area contributed by atoms with E-state index in [0.29, 0.717) is 17.9 Å². The van der Waals surface area contributed by atoms with Gasteiger partial charge in [-0.15, -0.1) is 0 Å².